The van der Waals surface area contributed by atoms with Crippen LogP contribution in [0, 0.1) is 0 Å². The number of hydrogen-bond donors (Lipinski definition) is 2. The number of rotatable bonds is 11. The molecule has 1 aliphatic rings. The molecule has 34 heavy (non-hydrogen) atoms. The Kier molecular flexibility index (Phi) is 10.7. The second kappa shape index (κ2) is 14.0. The van der Waals surface area contributed by atoms with Gasteiger partial charge in [0.1, 0.15) is 6.04 Å². The highest BCUT2D eigenvalue weighted by Gasteiger charge is 2.29. The maximum absolute atomic E-state index is 13.4. The Morgan fingerprint density at radius 2 is 1.59 bits per heavy atom. The monoisotopic (exact) mass is 484 g/mol. The van der Waals surface area contributed by atoms with Crippen LogP contribution in [-0.2, 0) is 17.0 Å². The summed E-state index contributed by atoms with van der Waals surface area (Å²) in [6.07, 6.45) is 0.689. The Bertz CT molecular complexity index is 876. The summed E-state index contributed by atoms with van der Waals surface area (Å²) in [5, 5.41) is 12.5. The number of nitrogens with zero attached hydrogens (tertiary/aromatic N) is 3. The van der Waals surface area contributed by atoms with Crippen molar-refractivity contribution in [3.05, 3.63) is 71.8 Å². The average molecular weight is 485 g/mol. The van der Waals surface area contributed by atoms with E-state index in [9.17, 15) is 14.7 Å². The van der Waals surface area contributed by atoms with Gasteiger partial charge in [-0.2, -0.15) is 11.8 Å². The molecule has 0 bridgehead atoms. The van der Waals surface area contributed by atoms with E-state index in [4.69, 9.17) is 0 Å². The standard InChI is InChI=1S/C26H36N4O3S/c1-28-14-16-29(17-15-28)25(32)24(21-34-20-23-10-6-3-7-11-23)27-26(33)30(18-19-31)13-12-22-8-4-2-5-9-22/h2-11,24,31H,12-21H2,1H3,(H,27,33)/t24-/m0/s1. The minimum absolute atomic E-state index is 0.0333. The first-order chi connectivity index (χ1) is 16.6. The molecule has 2 N–H and O–H groups in total. The Balaban J connectivity index is 1.63. The lowest BCUT2D eigenvalue weighted by Crippen LogP contribution is -2.57. The maximum atomic E-state index is 13.4. The minimum Gasteiger partial charge on any atom is -0.395 e. The van der Waals surface area contributed by atoms with Crippen LogP contribution in [0.5, 0.6) is 0 Å². The zero-order valence-corrected chi connectivity index (χ0v) is 20.8. The first-order valence-corrected chi connectivity index (χ1v) is 13.0. The van der Waals surface area contributed by atoms with Crippen molar-refractivity contribution in [3.8, 4) is 0 Å². The molecule has 2 aromatic carbocycles. The van der Waals surface area contributed by atoms with Crippen molar-refractivity contribution in [2.24, 2.45) is 0 Å². The molecule has 2 aromatic rings. The molecule has 1 atom stereocenters. The second-order valence-electron chi connectivity index (χ2n) is 8.58. The molecule has 1 saturated heterocycles. The van der Waals surface area contributed by atoms with Crippen LogP contribution in [0.25, 0.3) is 0 Å². The number of hydrogen-bond acceptors (Lipinski definition) is 5. The van der Waals surface area contributed by atoms with Crippen LogP contribution in [0.3, 0.4) is 0 Å². The molecule has 0 spiro atoms. The van der Waals surface area contributed by atoms with Gasteiger partial charge in [0.2, 0.25) is 5.91 Å². The van der Waals surface area contributed by atoms with E-state index < -0.39 is 6.04 Å². The van der Waals surface area contributed by atoms with Crippen molar-refractivity contribution >= 4 is 23.7 Å². The van der Waals surface area contributed by atoms with Crippen molar-refractivity contribution in [1.29, 1.82) is 0 Å². The van der Waals surface area contributed by atoms with E-state index in [2.05, 4.69) is 29.4 Å². The smallest absolute Gasteiger partial charge is 0.318 e. The number of aliphatic hydroxyl groups excluding tert-OH is 1. The van der Waals surface area contributed by atoms with E-state index in [1.807, 2.05) is 53.4 Å². The number of likely N-dealkylation sites (N-methyl/N-ethyl adjacent to an activating group) is 1. The molecule has 0 aromatic heterocycles. The molecule has 7 nitrogen and oxygen atoms in total. The van der Waals surface area contributed by atoms with Gasteiger partial charge < -0.3 is 25.1 Å². The van der Waals surface area contributed by atoms with Gasteiger partial charge in [-0.25, -0.2) is 4.79 Å². The fraction of sp³-hybridized carbons (Fsp3) is 0.462. The Labute approximate surface area is 207 Å². The quantitative estimate of drug-likeness (QED) is 0.512. The summed E-state index contributed by atoms with van der Waals surface area (Å²) in [6, 6.07) is 19.2. The summed E-state index contributed by atoms with van der Waals surface area (Å²) in [6.45, 7) is 3.57. The Morgan fingerprint density at radius 3 is 2.21 bits per heavy atom. The lowest BCUT2D eigenvalue weighted by molar-refractivity contribution is -0.134. The second-order valence-corrected chi connectivity index (χ2v) is 9.61. The molecule has 3 amide bonds. The van der Waals surface area contributed by atoms with Crippen LogP contribution in [0.15, 0.2) is 60.7 Å². The van der Waals surface area contributed by atoms with Gasteiger partial charge >= 0.3 is 6.03 Å². The first kappa shape index (κ1) is 26.1. The summed E-state index contributed by atoms with van der Waals surface area (Å²) in [5.41, 5.74) is 2.32. The molecule has 3 rings (SSSR count). The number of urea groups is 1. The fourth-order valence-electron chi connectivity index (χ4n) is 3.88. The molecule has 0 radical (unpaired) electrons. The number of amides is 3. The van der Waals surface area contributed by atoms with Crippen LogP contribution in [-0.4, -0.2) is 96.5 Å². The van der Waals surface area contributed by atoms with Crippen LogP contribution in [0.4, 0.5) is 4.79 Å². The molecule has 1 heterocycles. The predicted octanol–water partition coefficient (Wildman–Crippen LogP) is 2.31. The molecule has 184 valence electrons. The zero-order valence-electron chi connectivity index (χ0n) is 19.9. The molecule has 0 aliphatic carbocycles. The Morgan fingerprint density at radius 1 is 0.971 bits per heavy atom. The fourth-order valence-corrected chi connectivity index (χ4v) is 4.88. The molecule has 8 heteroatoms. The van der Waals surface area contributed by atoms with E-state index in [0.717, 1.165) is 24.4 Å². The Hall–Kier alpha value is -2.55. The molecule has 0 saturated carbocycles. The normalized spacial score (nSPS) is 15.1. The van der Waals surface area contributed by atoms with Crippen molar-refractivity contribution < 1.29 is 14.7 Å². The summed E-state index contributed by atoms with van der Waals surface area (Å²) < 4.78 is 0. The maximum Gasteiger partial charge on any atom is 0.318 e. The van der Waals surface area contributed by atoms with Crippen molar-refractivity contribution in [3.63, 3.8) is 0 Å². The van der Waals surface area contributed by atoms with Crippen LogP contribution in [0.1, 0.15) is 11.1 Å². The number of carbonyl (C=O) groups is 2. The highest BCUT2D eigenvalue weighted by atomic mass is 32.2. The lowest BCUT2D eigenvalue weighted by atomic mass is 10.1. The van der Waals surface area contributed by atoms with E-state index in [-0.39, 0.29) is 25.1 Å². The summed E-state index contributed by atoms with van der Waals surface area (Å²) in [4.78, 5) is 32.2. The van der Waals surface area contributed by atoms with Gasteiger partial charge in [0.15, 0.2) is 0 Å². The minimum atomic E-state index is -0.609. The summed E-state index contributed by atoms with van der Waals surface area (Å²) >= 11 is 1.64. The van der Waals surface area contributed by atoms with E-state index in [1.54, 1.807) is 16.7 Å². The largest absolute Gasteiger partial charge is 0.395 e. The molecule has 1 fully saturated rings. The van der Waals surface area contributed by atoms with Crippen LogP contribution >= 0.6 is 11.8 Å². The number of thioether (sulfide) groups is 1. The topological polar surface area (TPSA) is 76.1 Å². The molecule has 0 unspecified atom stereocenters. The van der Waals surface area contributed by atoms with Gasteiger partial charge in [0.25, 0.3) is 0 Å². The van der Waals surface area contributed by atoms with Crippen LogP contribution < -0.4 is 5.32 Å². The van der Waals surface area contributed by atoms with E-state index in [0.29, 0.717) is 31.8 Å². The van der Waals surface area contributed by atoms with Gasteiger partial charge in [-0.05, 0) is 24.6 Å². The predicted molar refractivity (Wildman–Crippen MR) is 138 cm³/mol. The summed E-state index contributed by atoms with van der Waals surface area (Å²) in [7, 11) is 2.05. The van der Waals surface area contributed by atoms with Gasteiger partial charge in [0.05, 0.1) is 6.61 Å². The average Bonchev–Trinajstić information content (AvgIpc) is 2.87. The van der Waals surface area contributed by atoms with Crippen LogP contribution in [0.2, 0.25) is 0 Å². The third-order valence-corrected chi connectivity index (χ3v) is 7.08. The van der Waals surface area contributed by atoms with Gasteiger partial charge in [-0.3, -0.25) is 4.79 Å². The highest BCUT2D eigenvalue weighted by Crippen LogP contribution is 2.15. The molecule has 1 aliphatic heterocycles. The number of aliphatic hydroxyl groups is 1. The zero-order chi connectivity index (χ0) is 24.2. The molecular formula is C26H36N4O3S. The third-order valence-electron chi connectivity index (χ3n) is 5.98. The number of carbonyl (C=O) groups excluding carboxylic acids is 2. The van der Waals surface area contributed by atoms with E-state index in [1.165, 1.54) is 5.56 Å². The van der Waals surface area contributed by atoms with E-state index >= 15 is 0 Å². The highest BCUT2D eigenvalue weighted by molar-refractivity contribution is 7.98. The molecular weight excluding hydrogens is 448 g/mol. The number of benzene rings is 2. The van der Waals surface area contributed by atoms with Gasteiger partial charge in [0, 0.05) is 50.8 Å². The SMILES string of the molecule is CN1CCN(C(=O)[C@H](CSCc2ccccc2)NC(=O)N(CCO)CCc2ccccc2)CC1. The lowest BCUT2D eigenvalue weighted by Gasteiger charge is -2.35. The van der Waals surface area contributed by atoms with Crippen molar-refractivity contribution in [2.75, 3.05) is 58.7 Å². The van der Waals surface area contributed by atoms with Crippen molar-refractivity contribution in [1.82, 2.24) is 20.0 Å². The number of piperazine rings is 1. The number of nitrogens with one attached hydrogen (secondary N) is 1. The van der Waals surface area contributed by atoms with Crippen molar-refractivity contribution in [2.45, 2.75) is 18.2 Å². The van der Waals surface area contributed by atoms with Gasteiger partial charge in [-0.15, -0.1) is 0 Å². The third kappa shape index (κ3) is 8.34. The summed E-state index contributed by atoms with van der Waals surface area (Å²) in [5.74, 6) is 1.24. The first-order valence-electron chi connectivity index (χ1n) is 11.9. The van der Waals surface area contributed by atoms with Gasteiger partial charge in [-0.1, -0.05) is 60.7 Å².